The molecule has 3 aliphatic heterocycles. The number of carbonyl (C=O) groups excluding carboxylic acids is 1. The molecule has 1 aromatic rings. The van der Waals surface area contributed by atoms with Gasteiger partial charge in [-0.3, -0.25) is 14.4 Å². The van der Waals surface area contributed by atoms with Gasteiger partial charge in [0.1, 0.15) is 0 Å². The summed E-state index contributed by atoms with van der Waals surface area (Å²) in [4.78, 5) is 17.7. The van der Waals surface area contributed by atoms with Crippen molar-refractivity contribution in [1.29, 1.82) is 0 Å². The molecule has 1 aromatic heterocycles. The molecule has 4 rings (SSSR count). The van der Waals surface area contributed by atoms with Gasteiger partial charge in [0.25, 0.3) is 0 Å². The highest BCUT2D eigenvalue weighted by atomic mass is 32.2. The van der Waals surface area contributed by atoms with Crippen molar-refractivity contribution in [2.24, 2.45) is 17.9 Å². The molecule has 0 saturated carbocycles. The highest BCUT2D eigenvalue weighted by molar-refractivity contribution is 7.88. The molecule has 1 amide bonds. The SMILES string of the molecule is CCN1CC[C@@]2(CN(S(C)(=O)=O)CC23CCN(Cc2cnn(C)c2)CC3)C1=O. The van der Waals surface area contributed by atoms with E-state index >= 15 is 0 Å². The summed E-state index contributed by atoms with van der Waals surface area (Å²) in [6.07, 6.45) is 7.70. The highest BCUT2D eigenvalue weighted by Crippen LogP contribution is 2.58. The largest absolute Gasteiger partial charge is 0.342 e. The van der Waals surface area contributed by atoms with Gasteiger partial charge in [-0.25, -0.2) is 12.7 Å². The van der Waals surface area contributed by atoms with Crippen LogP contribution in [0, 0.1) is 10.8 Å². The van der Waals surface area contributed by atoms with Crippen LogP contribution in [0.25, 0.3) is 0 Å². The Labute approximate surface area is 167 Å². The fourth-order valence-corrected chi connectivity index (χ4v) is 6.55. The first kappa shape index (κ1) is 19.8. The van der Waals surface area contributed by atoms with E-state index in [1.807, 2.05) is 35.9 Å². The molecule has 3 saturated heterocycles. The lowest BCUT2D eigenvalue weighted by molar-refractivity contribution is -0.142. The molecule has 3 aliphatic rings. The fourth-order valence-electron chi connectivity index (χ4n) is 5.61. The molecular weight excluding hydrogens is 378 g/mol. The predicted octanol–water partition coefficient (Wildman–Crippen LogP) is 0.516. The lowest BCUT2D eigenvalue weighted by Gasteiger charge is -2.47. The minimum atomic E-state index is -3.31. The van der Waals surface area contributed by atoms with Crippen LogP contribution >= 0.6 is 0 Å². The normalized spacial score (nSPS) is 28.8. The fraction of sp³-hybridized carbons (Fsp3) is 0.789. The second-order valence-corrected chi connectivity index (χ2v) is 10.8. The quantitative estimate of drug-likeness (QED) is 0.724. The summed E-state index contributed by atoms with van der Waals surface area (Å²) in [6.45, 7) is 6.89. The standard InChI is InChI=1S/C19H31N5O3S/c1-4-23-10-7-19(17(23)25)15-24(28(3,26)27)14-18(19)5-8-22(9-6-18)13-16-11-20-21(2)12-16/h11-12H,4-10,13-15H2,1-3H3/t19-/m1/s1. The Hall–Kier alpha value is -1.45. The predicted molar refractivity (Wildman–Crippen MR) is 106 cm³/mol. The summed E-state index contributed by atoms with van der Waals surface area (Å²) < 4.78 is 28.1. The van der Waals surface area contributed by atoms with E-state index in [2.05, 4.69) is 10.00 Å². The summed E-state index contributed by atoms with van der Waals surface area (Å²) in [5.41, 5.74) is 0.390. The first-order valence-electron chi connectivity index (χ1n) is 10.1. The molecule has 0 unspecified atom stereocenters. The summed E-state index contributed by atoms with van der Waals surface area (Å²) in [7, 11) is -1.39. The van der Waals surface area contributed by atoms with Crippen LogP contribution in [-0.4, -0.2) is 83.7 Å². The molecule has 0 bridgehead atoms. The average molecular weight is 410 g/mol. The van der Waals surface area contributed by atoms with Crippen LogP contribution in [0.4, 0.5) is 0 Å². The smallest absolute Gasteiger partial charge is 0.230 e. The van der Waals surface area contributed by atoms with E-state index in [-0.39, 0.29) is 11.3 Å². The number of fused-ring (bicyclic) bond motifs is 1. The summed E-state index contributed by atoms with van der Waals surface area (Å²) in [5, 5.41) is 4.24. The van der Waals surface area contributed by atoms with Crippen LogP contribution < -0.4 is 0 Å². The number of nitrogens with zero attached hydrogens (tertiary/aromatic N) is 5. The van der Waals surface area contributed by atoms with E-state index in [0.29, 0.717) is 19.6 Å². The zero-order valence-corrected chi connectivity index (χ0v) is 17.9. The van der Waals surface area contributed by atoms with Crippen LogP contribution in [0.2, 0.25) is 0 Å². The van der Waals surface area contributed by atoms with E-state index in [4.69, 9.17) is 0 Å². The first-order valence-corrected chi connectivity index (χ1v) is 12.0. The number of aryl methyl sites for hydroxylation is 1. The molecule has 9 heteroatoms. The molecule has 156 valence electrons. The average Bonchev–Trinajstić information content (AvgIpc) is 3.29. The molecule has 0 aromatic carbocycles. The van der Waals surface area contributed by atoms with Crippen molar-refractivity contribution in [3.63, 3.8) is 0 Å². The van der Waals surface area contributed by atoms with Crippen molar-refractivity contribution in [1.82, 2.24) is 23.9 Å². The van der Waals surface area contributed by atoms with Gasteiger partial charge in [-0.15, -0.1) is 0 Å². The molecule has 3 fully saturated rings. The Balaban J connectivity index is 1.57. The van der Waals surface area contributed by atoms with Crippen LogP contribution in [0.15, 0.2) is 12.4 Å². The van der Waals surface area contributed by atoms with Crippen molar-refractivity contribution >= 4 is 15.9 Å². The third-order valence-corrected chi connectivity index (χ3v) is 8.47. The number of rotatable bonds is 4. The van der Waals surface area contributed by atoms with Crippen molar-refractivity contribution in [3.8, 4) is 0 Å². The van der Waals surface area contributed by atoms with E-state index in [0.717, 1.165) is 45.4 Å². The van der Waals surface area contributed by atoms with Crippen LogP contribution in [0.5, 0.6) is 0 Å². The third-order valence-electron chi connectivity index (χ3n) is 7.27. The Morgan fingerprint density at radius 2 is 1.86 bits per heavy atom. The van der Waals surface area contributed by atoms with Crippen LogP contribution in [0.1, 0.15) is 31.7 Å². The minimum Gasteiger partial charge on any atom is -0.342 e. The van der Waals surface area contributed by atoms with Gasteiger partial charge < -0.3 is 4.90 Å². The lowest BCUT2D eigenvalue weighted by Crippen LogP contribution is -2.52. The van der Waals surface area contributed by atoms with Gasteiger partial charge in [0.05, 0.1) is 17.9 Å². The molecule has 2 spiro atoms. The third kappa shape index (κ3) is 3.07. The number of sulfonamides is 1. The van der Waals surface area contributed by atoms with Crippen molar-refractivity contribution in [2.75, 3.05) is 45.5 Å². The molecule has 4 heterocycles. The Kier molecular flexibility index (Phi) is 4.83. The summed E-state index contributed by atoms with van der Waals surface area (Å²) in [5.74, 6) is 0.168. The van der Waals surface area contributed by atoms with Gasteiger partial charge in [0.2, 0.25) is 15.9 Å². The van der Waals surface area contributed by atoms with Crippen molar-refractivity contribution in [3.05, 3.63) is 18.0 Å². The maximum absolute atomic E-state index is 13.4. The number of carbonyl (C=O) groups is 1. The molecule has 8 nitrogen and oxygen atoms in total. The van der Waals surface area contributed by atoms with Crippen LogP contribution in [-0.2, 0) is 28.4 Å². The molecular formula is C19H31N5O3S. The summed E-state index contributed by atoms with van der Waals surface area (Å²) in [6, 6.07) is 0. The minimum absolute atomic E-state index is 0.168. The number of likely N-dealkylation sites (tertiary alicyclic amines) is 2. The molecule has 0 radical (unpaired) electrons. The molecule has 0 N–H and O–H groups in total. The zero-order chi connectivity index (χ0) is 20.2. The number of piperidine rings is 1. The highest BCUT2D eigenvalue weighted by Gasteiger charge is 2.66. The maximum atomic E-state index is 13.4. The number of aromatic nitrogens is 2. The summed E-state index contributed by atoms with van der Waals surface area (Å²) >= 11 is 0. The number of hydrogen-bond donors (Lipinski definition) is 0. The van der Waals surface area contributed by atoms with Gasteiger partial charge >= 0.3 is 0 Å². The number of amides is 1. The Bertz CT molecular complexity index is 859. The van der Waals surface area contributed by atoms with Crippen molar-refractivity contribution in [2.45, 2.75) is 32.7 Å². The van der Waals surface area contributed by atoms with Gasteiger partial charge in [-0.05, 0) is 39.3 Å². The van der Waals surface area contributed by atoms with Crippen LogP contribution in [0.3, 0.4) is 0 Å². The van der Waals surface area contributed by atoms with Gasteiger partial charge in [0.15, 0.2) is 0 Å². The second kappa shape index (κ2) is 6.81. The maximum Gasteiger partial charge on any atom is 0.230 e. The Morgan fingerprint density at radius 3 is 2.39 bits per heavy atom. The lowest BCUT2D eigenvalue weighted by atomic mass is 9.60. The Morgan fingerprint density at radius 1 is 1.14 bits per heavy atom. The molecule has 1 atom stereocenters. The van der Waals surface area contributed by atoms with E-state index in [1.54, 1.807) is 4.31 Å². The van der Waals surface area contributed by atoms with E-state index in [9.17, 15) is 13.2 Å². The molecule has 0 aliphatic carbocycles. The van der Waals surface area contributed by atoms with E-state index < -0.39 is 15.4 Å². The van der Waals surface area contributed by atoms with Gasteiger partial charge in [0, 0.05) is 56.9 Å². The zero-order valence-electron chi connectivity index (χ0n) is 17.1. The molecule has 28 heavy (non-hydrogen) atoms. The first-order chi connectivity index (χ1) is 13.2. The monoisotopic (exact) mass is 409 g/mol. The second-order valence-electron chi connectivity index (χ2n) is 8.83. The van der Waals surface area contributed by atoms with E-state index in [1.165, 1.54) is 11.8 Å². The van der Waals surface area contributed by atoms with Gasteiger partial charge in [-0.2, -0.15) is 5.10 Å². The topological polar surface area (TPSA) is 78.8 Å². The van der Waals surface area contributed by atoms with Crippen molar-refractivity contribution < 1.29 is 13.2 Å². The van der Waals surface area contributed by atoms with Gasteiger partial charge in [-0.1, -0.05) is 0 Å². The number of hydrogen-bond acceptors (Lipinski definition) is 5.